The molecule has 0 saturated carbocycles. The molecule has 1 heterocycles. The van der Waals surface area contributed by atoms with E-state index in [4.69, 9.17) is 12.6 Å². The zero-order valence-electron chi connectivity index (χ0n) is 10.3. The summed E-state index contributed by atoms with van der Waals surface area (Å²) in [6.45, 7) is 5.21. The summed E-state index contributed by atoms with van der Waals surface area (Å²) in [6.07, 6.45) is 0. The van der Waals surface area contributed by atoms with Crippen LogP contribution in [0.15, 0.2) is 17.2 Å². The van der Waals surface area contributed by atoms with E-state index in [1.165, 1.54) is 19.2 Å². The van der Waals surface area contributed by atoms with Crippen molar-refractivity contribution < 1.29 is 13.2 Å². The molecule has 0 aliphatic rings. The molecule has 5 nitrogen and oxygen atoms in total. The first kappa shape index (κ1) is 14.0. The zero-order valence-corrected chi connectivity index (χ0v) is 11.1. The predicted octanol–water partition coefficient (Wildman–Crippen LogP) is -0.0392. The van der Waals surface area contributed by atoms with Gasteiger partial charge in [0.1, 0.15) is 7.85 Å². The Balaban J connectivity index is 3.23. The van der Waals surface area contributed by atoms with Crippen molar-refractivity contribution in [1.29, 1.82) is 0 Å². The number of hydrogen-bond acceptors (Lipinski definition) is 4. The Morgan fingerprint density at radius 1 is 1.35 bits per heavy atom. The number of aromatic nitrogens is 1. The molecule has 0 aliphatic carbocycles. The molecule has 0 atom stereocenters. The first-order valence-electron chi connectivity index (χ1n) is 5.00. The number of pyridine rings is 1. The smallest absolute Gasteiger partial charge is 0.258 e. The van der Waals surface area contributed by atoms with Crippen LogP contribution in [0.3, 0.4) is 0 Å². The molecule has 0 amide bonds. The quantitative estimate of drug-likeness (QED) is 0.768. The fraction of sp³-hybridized carbons (Fsp3) is 0.500. The summed E-state index contributed by atoms with van der Waals surface area (Å²) in [5.41, 5.74) is -0.515. The van der Waals surface area contributed by atoms with Gasteiger partial charge in [-0.15, -0.1) is 0 Å². The SMILES string of the molecule is [B]c1ccc(OC)nc1S(=O)(=O)NC(C)(C)C. The topological polar surface area (TPSA) is 68.3 Å². The summed E-state index contributed by atoms with van der Waals surface area (Å²) >= 11 is 0. The Morgan fingerprint density at radius 3 is 2.41 bits per heavy atom. The fourth-order valence-electron chi connectivity index (χ4n) is 1.21. The van der Waals surface area contributed by atoms with E-state index in [1.807, 2.05) is 0 Å². The Hall–Kier alpha value is -1.08. The van der Waals surface area contributed by atoms with Crippen LogP contribution in [-0.2, 0) is 10.0 Å². The maximum Gasteiger partial charge on any atom is 0.258 e. The first-order chi connectivity index (χ1) is 7.65. The van der Waals surface area contributed by atoms with Crippen molar-refractivity contribution in [3.8, 4) is 5.88 Å². The van der Waals surface area contributed by atoms with Crippen LogP contribution in [-0.4, -0.2) is 33.9 Å². The van der Waals surface area contributed by atoms with Gasteiger partial charge in [-0.1, -0.05) is 11.5 Å². The van der Waals surface area contributed by atoms with Gasteiger partial charge in [-0.05, 0) is 26.8 Å². The Bertz CT molecular complexity index is 509. The molecule has 2 radical (unpaired) electrons. The monoisotopic (exact) mass is 254 g/mol. The van der Waals surface area contributed by atoms with Crippen LogP contribution in [0.25, 0.3) is 0 Å². The van der Waals surface area contributed by atoms with E-state index >= 15 is 0 Å². The highest BCUT2D eigenvalue weighted by molar-refractivity contribution is 7.89. The van der Waals surface area contributed by atoms with Crippen molar-refractivity contribution in [1.82, 2.24) is 9.71 Å². The van der Waals surface area contributed by atoms with Crippen LogP contribution in [0.5, 0.6) is 5.88 Å². The molecule has 0 spiro atoms. The molecule has 0 fully saturated rings. The van der Waals surface area contributed by atoms with Crippen LogP contribution >= 0.6 is 0 Å². The Morgan fingerprint density at radius 2 is 1.94 bits per heavy atom. The highest BCUT2D eigenvalue weighted by Crippen LogP contribution is 2.12. The largest absolute Gasteiger partial charge is 0.481 e. The number of rotatable bonds is 3. The van der Waals surface area contributed by atoms with Crippen molar-refractivity contribution in [2.24, 2.45) is 0 Å². The van der Waals surface area contributed by atoms with Gasteiger partial charge in [-0.25, -0.2) is 18.1 Å². The minimum absolute atomic E-state index is 0.0857. The lowest BCUT2D eigenvalue weighted by atomic mass is 9.99. The van der Waals surface area contributed by atoms with Crippen LogP contribution in [0, 0.1) is 0 Å². The lowest BCUT2D eigenvalue weighted by Gasteiger charge is -2.20. The van der Waals surface area contributed by atoms with E-state index in [0.717, 1.165) is 0 Å². The van der Waals surface area contributed by atoms with Gasteiger partial charge in [0.25, 0.3) is 10.0 Å². The summed E-state index contributed by atoms with van der Waals surface area (Å²) in [7, 11) is 3.27. The Labute approximate surface area is 103 Å². The van der Waals surface area contributed by atoms with Crippen molar-refractivity contribution in [2.45, 2.75) is 31.3 Å². The summed E-state index contributed by atoms with van der Waals surface area (Å²) in [5.74, 6) is 0.202. The van der Waals surface area contributed by atoms with Gasteiger partial charge in [-0.3, -0.25) is 0 Å². The maximum atomic E-state index is 12.0. The number of methoxy groups -OCH3 is 1. The third kappa shape index (κ3) is 3.71. The average Bonchev–Trinajstić information content (AvgIpc) is 2.14. The number of nitrogens with one attached hydrogen (secondary N) is 1. The van der Waals surface area contributed by atoms with Gasteiger partial charge in [0.2, 0.25) is 5.88 Å². The third-order valence-electron chi connectivity index (χ3n) is 1.77. The van der Waals surface area contributed by atoms with Gasteiger partial charge in [0, 0.05) is 5.54 Å². The number of ether oxygens (including phenoxy) is 1. The molecule has 92 valence electrons. The molecule has 1 aromatic rings. The highest BCUT2D eigenvalue weighted by atomic mass is 32.2. The van der Waals surface area contributed by atoms with Crippen molar-refractivity contribution in [2.75, 3.05) is 7.11 Å². The van der Waals surface area contributed by atoms with Crippen molar-refractivity contribution in [3.63, 3.8) is 0 Å². The third-order valence-corrected chi connectivity index (χ3v) is 3.49. The zero-order chi connectivity index (χ0) is 13.3. The summed E-state index contributed by atoms with van der Waals surface area (Å²) in [6, 6.07) is 2.95. The summed E-state index contributed by atoms with van der Waals surface area (Å²) in [4.78, 5) is 3.85. The highest BCUT2D eigenvalue weighted by Gasteiger charge is 2.25. The summed E-state index contributed by atoms with van der Waals surface area (Å²) in [5, 5.41) is -0.216. The van der Waals surface area contributed by atoms with E-state index in [1.54, 1.807) is 20.8 Å². The van der Waals surface area contributed by atoms with Gasteiger partial charge in [0.05, 0.1) is 7.11 Å². The molecule has 1 rings (SSSR count). The molecule has 0 unspecified atom stereocenters. The van der Waals surface area contributed by atoms with Gasteiger partial charge < -0.3 is 4.74 Å². The predicted molar refractivity (Wildman–Crippen MR) is 66.3 cm³/mol. The number of sulfonamides is 1. The standard InChI is InChI=1S/C10H15BN2O3S/c1-10(2,3)13-17(14,15)9-7(11)5-6-8(12-9)16-4/h5-6,13H,1-4H3. The van der Waals surface area contributed by atoms with Gasteiger partial charge in [-0.2, -0.15) is 0 Å². The molecular weight excluding hydrogens is 239 g/mol. The molecule has 1 N–H and O–H groups in total. The van der Waals surface area contributed by atoms with Gasteiger partial charge >= 0.3 is 0 Å². The van der Waals surface area contributed by atoms with Crippen molar-refractivity contribution >= 4 is 23.3 Å². The van der Waals surface area contributed by atoms with E-state index in [2.05, 4.69) is 9.71 Å². The minimum Gasteiger partial charge on any atom is -0.481 e. The molecule has 0 saturated heterocycles. The number of hydrogen-bond donors (Lipinski definition) is 1. The molecule has 1 aromatic heterocycles. The average molecular weight is 254 g/mol. The lowest BCUT2D eigenvalue weighted by Crippen LogP contribution is -2.42. The minimum atomic E-state index is -3.75. The second kappa shape index (κ2) is 4.66. The molecule has 0 aliphatic heterocycles. The fourth-order valence-corrected chi connectivity index (χ4v) is 2.71. The molecule has 0 aromatic carbocycles. The second-order valence-electron chi connectivity index (χ2n) is 4.60. The first-order valence-corrected chi connectivity index (χ1v) is 6.48. The summed E-state index contributed by atoms with van der Waals surface area (Å²) < 4.78 is 31.4. The normalized spacial score (nSPS) is 12.5. The molecular formula is C10H15BN2O3S. The van der Waals surface area contributed by atoms with E-state index in [-0.39, 0.29) is 16.4 Å². The molecule has 17 heavy (non-hydrogen) atoms. The van der Waals surface area contributed by atoms with Crippen LogP contribution in [0.4, 0.5) is 0 Å². The molecule has 0 bridgehead atoms. The van der Waals surface area contributed by atoms with Crippen LogP contribution < -0.4 is 14.9 Å². The number of nitrogens with zero attached hydrogens (tertiary/aromatic N) is 1. The Kier molecular flexibility index (Phi) is 3.83. The van der Waals surface area contributed by atoms with Gasteiger partial charge in [0.15, 0.2) is 5.03 Å². The molecule has 7 heteroatoms. The van der Waals surface area contributed by atoms with E-state index < -0.39 is 15.6 Å². The van der Waals surface area contributed by atoms with Crippen LogP contribution in [0.1, 0.15) is 20.8 Å². The van der Waals surface area contributed by atoms with E-state index in [0.29, 0.717) is 0 Å². The second-order valence-corrected chi connectivity index (χ2v) is 6.20. The van der Waals surface area contributed by atoms with Crippen molar-refractivity contribution in [3.05, 3.63) is 12.1 Å². The van der Waals surface area contributed by atoms with E-state index in [9.17, 15) is 8.42 Å². The maximum absolute atomic E-state index is 12.0. The van der Waals surface area contributed by atoms with Crippen LogP contribution in [0.2, 0.25) is 0 Å². The lowest BCUT2D eigenvalue weighted by molar-refractivity contribution is 0.393.